The van der Waals surface area contributed by atoms with Crippen LogP contribution in [0.3, 0.4) is 0 Å². The maximum Gasteiger partial charge on any atom is 0.260 e. The van der Waals surface area contributed by atoms with E-state index in [1.54, 1.807) is 0 Å². The normalized spacial score (nSPS) is 18.0. The van der Waals surface area contributed by atoms with Gasteiger partial charge in [0.05, 0.1) is 19.1 Å². The summed E-state index contributed by atoms with van der Waals surface area (Å²) in [6.45, 7) is -0.0180. The van der Waals surface area contributed by atoms with Gasteiger partial charge in [0.25, 0.3) is 10.0 Å². The predicted molar refractivity (Wildman–Crippen MR) is 61.8 cm³/mol. The number of nitrogens with one attached hydrogen (secondary N) is 1. The number of hydrogen-bond acceptors (Lipinski definition) is 4. The Hall–Kier alpha value is -0.920. The van der Waals surface area contributed by atoms with Gasteiger partial charge < -0.3 is 10.1 Å². The Morgan fingerprint density at radius 2 is 2.18 bits per heavy atom. The first-order valence-corrected chi connectivity index (χ1v) is 7.21. The Kier molecular flexibility index (Phi) is 3.80. The van der Waals surface area contributed by atoms with Crippen molar-refractivity contribution in [2.24, 2.45) is 0 Å². The monoisotopic (exact) mass is 259 g/mol. The van der Waals surface area contributed by atoms with E-state index < -0.39 is 10.0 Å². The molecule has 17 heavy (non-hydrogen) atoms. The molecule has 1 aliphatic carbocycles. The number of H-pyrrole nitrogens is 1. The molecule has 0 bridgehead atoms. The van der Waals surface area contributed by atoms with Crippen LogP contribution < -0.4 is 0 Å². The van der Waals surface area contributed by atoms with E-state index in [-0.39, 0.29) is 24.2 Å². The molecule has 0 aromatic carbocycles. The van der Waals surface area contributed by atoms with Crippen LogP contribution in [0, 0.1) is 0 Å². The number of hydrogen-bond donors (Lipinski definition) is 2. The third kappa shape index (κ3) is 2.51. The van der Waals surface area contributed by atoms with Crippen LogP contribution in [0.1, 0.15) is 25.7 Å². The minimum Gasteiger partial charge on any atom is -0.395 e. The van der Waals surface area contributed by atoms with E-state index in [2.05, 4.69) is 9.97 Å². The Balaban J connectivity index is 2.26. The molecule has 0 saturated heterocycles. The predicted octanol–water partition coefficient (Wildman–Crippen LogP) is 0.335. The van der Waals surface area contributed by atoms with Gasteiger partial charge in [0.1, 0.15) is 0 Å². The summed E-state index contributed by atoms with van der Waals surface area (Å²) in [5.41, 5.74) is 0. The number of sulfonamides is 1. The first-order valence-electron chi connectivity index (χ1n) is 5.77. The second kappa shape index (κ2) is 5.16. The van der Waals surface area contributed by atoms with Gasteiger partial charge in [-0.05, 0) is 12.8 Å². The van der Waals surface area contributed by atoms with Crippen molar-refractivity contribution < 1.29 is 13.5 Å². The summed E-state index contributed by atoms with van der Waals surface area (Å²) in [6.07, 6.45) is 6.48. The highest BCUT2D eigenvalue weighted by atomic mass is 32.2. The molecule has 1 aromatic heterocycles. The van der Waals surface area contributed by atoms with Gasteiger partial charge in [0.15, 0.2) is 5.03 Å². The molecule has 1 fully saturated rings. The second-order valence-electron chi connectivity index (χ2n) is 4.19. The SMILES string of the molecule is O=S(=O)(c1cnc[nH]1)N(CCO)C1CCCC1. The molecule has 6 nitrogen and oxygen atoms in total. The van der Waals surface area contributed by atoms with Crippen LogP contribution in [0.2, 0.25) is 0 Å². The van der Waals surface area contributed by atoms with Gasteiger partial charge >= 0.3 is 0 Å². The molecule has 7 heteroatoms. The fourth-order valence-corrected chi connectivity index (χ4v) is 3.87. The summed E-state index contributed by atoms with van der Waals surface area (Å²) in [5.74, 6) is 0. The van der Waals surface area contributed by atoms with Gasteiger partial charge in [-0.25, -0.2) is 13.4 Å². The summed E-state index contributed by atoms with van der Waals surface area (Å²) < 4.78 is 26.0. The lowest BCUT2D eigenvalue weighted by Crippen LogP contribution is -2.40. The maximum atomic E-state index is 12.3. The van der Waals surface area contributed by atoms with Gasteiger partial charge in [-0.15, -0.1) is 0 Å². The minimum absolute atomic E-state index is 0.00968. The summed E-state index contributed by atoms with van der Waals surface area (Å²) in [5, 5.41) is 9.12. The largest absolute Gasteiger partial charge is 0.395 e. The van der Waals surface area contributed by atoms with Gasteiger partial charge in [0.2, 0.25) is 0 Å². The van der Waals surface area contributed by atoms with Gasteiger partial charge in [0, 0.05) is 12.6 Å². The number of aromatic nitrogens is 2. The molecule has 0 radical (unpaired) electrons. The van der Waals surface area contributed by atoms with Crippen LogP contribution >= 0.6 is 0 Å². The van der Waals surface area contributed by atoms with Crippen molar-refractivity contribution in [1.29, 1.82) is 0 Å². The summed E-state index contributed by atoms with van der Waals surface area (Å²) in [4.78, 5) is 6.35. The molecule has 0 atom stereocenters. The van der Waals surface area contributed by atoms with Crippen LogP contribution in [0.4, 0.5) is 0 Å². The molecular weight excluding hydrogens is 242 g/mol. The number of aromatic amines is 1. The van der Waals surface area contributed by atoms with Crippen molar-refractivity contribution in [1.82, 2.24) is 14.3 Å². The molecule has 0 amide bonds. The molecule has 1 heterocycles. The van der Waals surface area contributed by atoms with E-state index >= 15 is 0 Å². The molecule has 96 valence electrons. The zero-order valence-electron chi connectivity index (χ0n) is 9.54. The van der Waals surface area contributed by atoms with E-state index in [4.69, 9.17) is 5.11 Å². The van der Waals surface area contributed by atoms with Gasteiger partial charge in [-0.1, -0.05) is 12.8 Å². The minimum atomic E-state index is -3.55. The average Bonchev–Trinajstić information content (AvgIpc) is 2.97. The maximum absolute atomic E-state index is 12.3. The first kappa shape index (κ1) is 12.5. The van der Waals surface area contributed by atoms with Gasteiger partial charge in [-0.2, -0.15) is 4.31 Å². The smallest absolute Gasteiger partial charge is 0.260 e. The third-order valence-corrected chi connectivity index (χ3v) is 4.99. The molecule has 0 spiro atoms. The molecule has 0 unspecified atom stereocenters. The Labute approximate surface area is 101 Å². The molecule has 0 aliphatic heterocycles. The molecular formula is C10H17N3O3S. The van der Waals surface area contributed by atoms with Crippen molar-refractivity contribution in [3.05, 3.63) is 12.5 Å². The Morgan fingerprint density at radius 3 is 2.71 bits per heavy atom. The van der Waals surface area contributed by atoms with E-state index in [1.165, 1.54) is 16.8 Å². The number of aliphatic hydroxyl groups is 1. The lowest BCUT2D eigenvalue weighted by Gasteiger charge is -2.26. The van der Waals surface area contributed by atoms with Crippen LogP contribution in [0.15, 0.2) is 17.6 Å². The van der Waals surface area contributed by atoms with Crippen molar-refractivity contribution in [3.63, 3.8) is 0 Å². The van der Waals surface area contributed by atoms with E-state index in [1.807, 2.05) is 0 Å². The quantitative estimate of drug-likeness (QED) is 0.798. The second-order valence-corrected chi connectivity index (χ2v) is 6.05. The molecule has 1 aromatic rings. The molecule has 1 aliphatic rings. The van der Waals surface area contributed by atoms with Crippen molar-refractivity contribution >= 4 is 10.0 Å². The molecule has 2 N–H and O–H groups in total. The zero-order valence-corrected chi connectivity index (χ0v) is 10.4. The lowest BCUT2D eigenvalue weighted by atomic mass is 10.2. The van der Waals surface area contributed by atoms with Crippen LogP contribution in [-0.4, -0.2) is 47.0 Å². The number of nitrogens with zero attached hydrogens (tertiary/aromatic N) is 2. The Bertz CT molecular complexity index is 437. The summed E-state index contributed by atoms with van der Waals surface area (Å²) in [6, 6.07) is 0.00968. The first-order chi connectivity index (χ1) is 8.16. The highest BCUT2D eigenvalue weighted by Gasteiger charge is 2.33. The van der Waals surface area contributed by atoms with Crippen LogP contribution in [-0.2, 0) is 10.0 Å². The highest BCUT2D eigenvalue weighted by Crippen LogP contribution is 2.27. The van der Waals surface area contributed by atoms with Gasteiger partial charge in [-0.3, -0.25) is 0 Å². The fourth-order valence-electron chi connectivity index (χ4n) is 2.30. The van der Waals surface area contributed by atoms with E-state index in [9.17, 15) is 8.42 Å². The van der Waals surface area contributed by atoms with Crippen LogP contribution in [0.25, 0.3) is 0 Å². The third-order valence-electron chi connectivity index (χ3n) is 3.11. The number of rotatable bonds is 5. The molecule has 2 rings (SSSR count). The van der Waals surface area contributed by atoms with Crippen molar-refractivity contribution in [2.45, 2.75) is 36.8 Å². The standard InChI is InChI=1S/C10H17N3O3S/c14-6-5-13(9-3-1-2-4-9)17(15,16)10-7-11-8-12-10/h7-9,14H,1-6H2,(H,11,12). The van der Waals surface area contributed by atoms with Crippen molar-refractivity contribution in [3.8, 4) is 0 Å². The topological polar surface area (TPSA) is 86.3 Å². The Morgan fingerprint density at radius 1 is 1.47 bits per heavy atom. The molecule has 1 saturated carbocycles. The summed E-state index contributed by atoms with van der Waals surface area (Å²) >= 11 is 0. The van der Waals surface area contributed by atoms with E-state index in [0.717, 1.165) is 25.7 Å². The van der Waals surface area contributed by atoms with Crippen molar-refractivity contribution in [2.75, 3.05) is 13.2 Å². The lowest BCUT2D eigenvalue weighted by molar-refractivity contribution is 0.226. The fraction of sp³-hybridized carbons (Fsp3) is 0.700. The number of aliphatic hydroxyl groups excluding tert-OH is 1. The van der Waals surface area contributed by atoms with E-state index in [0.29, 0.717) is 0 Å². The zero-order chi connectivity index (χ0) is 12.3. The summed E-state index contributed by atoms with van der Waals surface area (Å²) in [7, 11) is -3.55. The average molecular weight is 259 g/mol. The number of imidazole rings is 1. The highest BCUT2D eigenvalue weighted by molar-refractivity contribution is 7.89. The van der Waals surface area contributed by atoms with Crippen LogP contribution in [0.5, 0.6) is 0 Å².